The van der Waals surface area contributed by atoms with E-state index in [1.165, 1.54) is 6.07 Å². The molecule has 5 N–H and O–H groups in total. The minimum absolute atomic E-state index is 0.00793. The van der Waals surface area contributed by atoms with Crippen LogP contribution in [0.3, 0.4) is 0 Å². The Bertz CT molecular complexity index is 810. The highest BCUT2D eigenvalue weighted by Gasteiger charge is 2.14. The first-order valence-corrected chi connectivity index (χ1v) is 7.07. The average Bonchev–Trinajstić information content (AvgIpc) is 2.37. The maximum Gasteiger partial charge on any atom is 0.238 e. The van der Waals surface area contributed by atoms with Gasteiger partial charge in [-0.3, -0.25) is 0 Å². The Morgan fingerprint density at radius 2 is 1.52 bits per heavy atom. The quantitative estimate of drug-likeness (QED) is 0.596. The summed E-state index contributed by atoms with van der Waals surface area (Å²) in [5, 5.41) is 7.36. The lowest BCUT2D eigenvalue weighted by atomic mass is 10.2. The van der Waals surface area contributed by atoms with Crippen LogP contribution in [0.5, 0.6) is 0 Å². The average molecular weight is 317 g/mol. The molecule has 0 aliphatic heterocycles. The first kappa shape index (κ1) is 15.1. The topological polar surface area (TPSA) is 98.2 Å². The van der Waals surface area contributed by atoms with Gasteiger partial charge in [0.2, 0.25) is 10.0 Å². The summed E-state index contributed by atoms with van der Waals surface area (Å²) in [6, 6.07) is 4.41. The van der Waals surface area contributed by atoms with Crippen molar-refractivity contribution >= 4 is 27.1 Å². The number of nitrogen functional groups attached to an aromatic ring is 1. The van der Waals surface area contributed by atoms with Gasteiger partial charge in [0.05, 0.1) is 22.0 Å². The van der Waals surface area contributed by atoms with Gasteiger partial charge in [-0.1, -0.05) is 0 Å². The molecule has 0 spiro atoms. The van der Waals surface area contributed by atoms with Gasteiger partial charge in [-0.2, -0.15) is 0 Å². The highest BCUT2D eigenvalue weighted by Crippen LogP contribution is 2.28. The first-order chi connectivity index (χ1) is 9.68. The molecule has 0 aromatic heterocycles. The van der Waals surface area contributed by atoms with Gasteiger partial charge in [0.15, 0.2) is 11.6 Å². The smallest absolute Gasteiger partial charge is 0.238 e. The van der Waals surface area contributed by atoms with Gasteiger partial charge in [-0.05, 0) is 18.2 Å². The van der Waals surface area contributed by atoms with E-state index in [9.17, 15) is 21.6 Å². The van der Waals surface area contributed by atoms with Crippen molar-refractivity contribution in [3.05, 3.63) is 47.8 Å². The van der Waals surface area contributed by atoms with Gasteiger partial charge in [-0.15, -0.1) is 0 Å². The van der Waals surface area contributed by atoms with Gasteiger partial charge in [0, 0.05) is 12.1 Å². The lowest BCUT2D eigenvalue weighted by Gasteiger charge is -2.12. The van der Waals surface area contributed by atoms with E-state index in [1.807, 2.05) is 0 Å². The van der Waals surface area contributed by atoms with Crippen molar-refractivity contribution in [1.82, 2.24) is 0 Å². The molecule has 9 heteroatoms. The largest absolute Gasteiger partial charge is 0.397 e. The van der Waals surface area contributed by atoms with E-state index in [-0.39, 0.29) is 16.3 Å². The van der Waals surface area contributed by atoms with Crippen LogP contribution in [0.1, 0.15) is 0 Å². The van der Waals surface area contributed by atoms with Crippen LogP contribution in [-0.4, -0.2) is 8.42 Å². The summed E-state index contributed by atoms with van der Waals surface area (Å²) < 4.78 is 61.9. The van der Waals surface area contributed by atoms with Crippen molar-refractivity contribution in [2.24, 2.45) is 5.14 Å². The number of hydrogen-bond acceptors (Lipinski definition) is 4. The lowest BCUT2D eigenvalue weighted by Crippen LogP contribution is -2.12. The molecule has 0 atom stereocenters. The van der Waals surface area contributed by atoms with Gasteiger partial charge >= 0.3 is 0 Å². The summed E-state index contributed by atoms with van der Waals surface area (Å²) in [5.41, 5.74) is 5.28. The zero-order chi connectivity index (χ0) is 15.8. The number of anilines is 3. The third-order valence-electron chi connectivity index (χ3n) is 2.63. The molecule has 0 saturated carbocycles. The zero-order valence-electron chi connectivity index (χ0n) is 10.4. The summed E-state index contributed by atoms with van der Waals surface area (Å²) in [6.07, 6.45) is 0. The van der Waals surface area contributed by atoms with Crippen molar-refractivity contribution in [3.8, 4) is 0 Å². The van der Waals surface area contributed by atoms with E-state index in [0.29, 0.717) is 12.1 Å². The van der Waals surface area contributed by atoms with Gasteiger partial charge < -0.3 is 11.1 Å². The number of halogens is 3. The molecule has 2 aromatic carbocycles. The first-order valence-electron chi connectivity index (χ1n) is 5.52. The highest BCUT2D eigenvalue weighted by atomic mass is 32.2. The molecule has 0 unspecified atom stereocenters. The predicted molar refractivity (Wildman–Crippen MR) is 71.8 cm³/mol. The van der Waals surface area contributed by atoms with E-state index in [2.05, 4.69) is 5.32 Å². The molecule has 0 heterocycles. The van der Waals surface area contributed by atoms with Crippen molar-refractivity contribution in [2.75, 3.05) is 11.1 Å². The maximum absolute atomic E-state index is 13.5. The van der Waals surface area contributed by atoms with Crippen molar-refractivity contribution in [1.29, 1.82) is 0 Å². The number of primary sulfonamides is 1. The standard InChI is InChI=1S/C12H10F3N3O2S/c13-7-4-9(15)11(5-8(7)14)18-12-3-6(21(17,19)20)1-2-10(12)16/h1-5,18H,16H2,(H2,17,19,20). The molecule has 5 nitrogen and oxygen atoms in total. The van der Waals surface area contributed by atoms with Crippen LogP contribution in [-0.2, 0) is 10.0 Å². The summed E-state index contributed by atoms with van der Waals surface area (Å²) in [7, 11) is -3.98. The molecule has 2 rings (SSSR count). The normalized spacial score (nSPS) is 11.4. The number of benzene rings is 2. The molecular weight excluding hydrogens is 307 g/mol. The second-order valence-electron chi connectivity index (χ2n) is 4.17. The Morgan fingerprint density at radius 1 is 0.905 bits per heavy atom. The summed E-state index contributed by atoms with van der Waals surface area (Å²) in [4.78, 5) is -0.262. The number of hydrogen-bond donors (Lipinski definition) is 3. The summed E-state index contributed by atoms with van der Waals surface area (Å²) >= 11 is 0. The molecule has 21 heavy (non-hydrogen) atoms. The molecular formula is C12H10F3N3O2S. The van der Waals surface area contributed by atoms with E-state index < -0.39 is 33.2 Å². The fraction of sp³-hybridized carbons (Fsp3) is 0. The van der Waals surface area contributed by atoms with Crippen LogP contribution in [0.25, 0.3) is 0 Å². The summed E-state index contributed by atoms with van der Waals surface area (Å²) in [5.74, 6) is -3.67. The molecule has 0 saturated heterocycles. The monoisotopic (exact) mass is 317 g/mol. The molecule has 0 fully saturated rings. The number of nitrogens with one attached hydrogen (secondary N) is 1. The molecule has 0 bridgehead atoms. The Morgan fingerprint density at radius 3 is 2.14 bits per heavy atom. The van der Waals surface area contributed by atoms with Gasteiger partial charge in [-0.25, -0.2) is 26.7 Å². The van der Waals surface area contributed by atoms with Crippen LogP contribution in [0.4, 0.5) is 30.2 Å². The van der Waals surface area contributed by atoms with Crippen LogP contribution in [0.15, 0.2) is 35.2 Å². The van der Waals surface area contributed by atoms with E-state index in [1.54, 1.807) is 0 Å². The van der Waals surface area contributed by atoms with E-state index in [0.717, 1.165) is 12.1 Å². The van der Waals surface area contributed by atoms with Gasteiger partial charge in [0.25, 0.3) is 0 Å². The third-order valence-corrected chi connectivity index (χ3v) is 3.54. The summed E-state index contributed by atoms with van der Waals surface area (Å²) in [6.45, 7) is 0. The van der Waals surface area contributed by atoms with E-state index >= 15 is 0 Å². The molecule has 112 valence electrons. The van der Waals surface area contributed by atoms with Crippen molar-refractivity contribution in [3.63, 3.8) is 0 Å². The number of rotatable bonds is 3. The number of sulfonamides is 1. The maximum atomic E-state index is 13.5. The molecule has 0 amide bonds. The Kier molecular flexibility index (Phi) is 3.79. The minimum atomic E-state index is -3.98. The van der Waals surface area contributed by atoms with Crippen LogP contribution >= 0.6 is 0 Å². The SMILES string of the molecule is Nc1ccc(S(N)(=O)=O)cc1Nc1cc(F)c(F)cc1F. The Labute approximate surface area is 118 Å². The highest BCUT2D eigenvalue weighted by molar-refractivity contribution is 7.89. The third kappa shape index (κ3) is 3.26. The molecule has 0 radical (unpaired) electrons. The Hall–Kier alpha value is -2.26. The zero-order valence-corrected chi connectivity index (χ0v) is 11.2. The van der Waals surface area contributed by atoms with Crippen molar-refractivity contribution < 1.29 is 21.6 Å². The second-order valence-corrected chi connectivity index (χ2v) is 5.73. The van der Waals surface area contributed by atoms with Crippen LogP contribution < -0.4 is 16.2 Å². The van der Waals surface area contributed by atoms with E-state index in [4.69, 9.17) is 10.9 Å². The van der Waals surface area contributed by atoms with Crippen LogP contribution in [0.2, 0.25) is 0 Å². The molecule has 0 aliphatic rings. The minimum Gasteiger partial charge on any atom is -0.397 e. The Balaban J connectivity index is 2.47. The fourth-order valence-corrected chi connectivity index (χ4v) is 2.12. The van der Waals surface area contributed by atoms with Gasteiger partial charge in [0.1, 0.15) is 5.82 Å². The fourth-order valence-electron chi connectivity index (χ4n) is 1.58. The lowest BCUT2D eigenvalue weighted by molar-refractivity contribution is 0.496. The number of nitrogens with two attached hydrogens (primary N) is 2. The molecule has 2 aromatic rings. The predicted octanol–water partition coefficient (Wildman–Crippen LogP) is 2.08. The van der Waals surface area contributed by atoms with Crippen molar-refractivity contribution in [2.45, 2.75) is 4.90 Å². The van der Waals surface area contributed by atoms with Crippen LogP contribution in [0, 0.1) is 17.5 Å². The second kappa shape index (κ2) is 5.26. The molecule has 0 aliphatic carbocycles.